The normalized spacial score (nSPS) is 12.7. The summed E-state index contributed by atoms with van der Waals surface area (Å²) in [4.78, 5) is 12.4. The third-order valence-corrected chi connectivity index (χ3v) is 5.29. The number of fused-ring (bicyclic) bond motifs is 1. The minimum atomic E-state index is -0.355. The number of nitrogens with zero attached hydrogens (tertiary/aromatic N) is 2. The molecule has 5 nitrogen and oxygen atoms in total. The number of carbonyl (C=O) groups excluding carboxylic acids is 1. The van der Waals surface area contributed by atoms with Crippen molar-refractivity contribution in [2.24, 2.45) is 0 Å². The average molecular weight is 404 g/mol. The van der Waals surface area contributed by atoms with Crippen LogP contribution in [0.15, 0.2) is 48.5 Å². The zero-order chi connectivity index (χ0) is 18.8. The van der Waals surface area contributed by atoms with E-state index in [9.17, 15) is 9.18 Å². The van der Waals surface area contributed by atoms with Crippen LogP contribution in [0.4, 0.5) is 10.2 Å². The predicted molar refractivity (Wildman–Crippen MR) is 104 cm³/mol. The number of benzene rings is 2. The Morgan fingerprint density at radius 1 is 1.19 bits per heavy atom. The van der Waals surface area contributed by atoms with E-state index in [1.165, 1.54) is 24.3 Å². The van der Waals surface area contributed by atoms with E-state index in [1.807, 2.05) is 12.1 Å². The highest BCUT2D eigenvalue weighted by atomic mass is 35.5. The highest BCUT2D eigenvalue weighted by Gasteiger charge is 2.24. The molecule has 0 atom stereocenters. The van der Waals surface area contributed by atoms with Gasteiger partial charge in [-0.15, -0.1) is 0 Å². The van der Waals surface area contributed by atoms with Gasteiger partial charge in [0, 0.05) is 22.1 Å². The van der Waals surface area contributed by atoms with Gasteiger partial charge in [0.15, 0.2) is 6.61 Å². The Hall–Kier alpha value is -2.51. The first kappa shape index (κ1) is 17.9. The highest BCUT2D eigenvalue weighted by Crippen LogP contribution is 2.36. The molecule has 0 saturated heterocycles. The van der Waals surface area contributed by atoms with E-state index in [0.29, 0.717) is 16.6 Å². The Morgan fingerprint density at radius 2 is 1.93 bits per heavy atom. The SMILES string of the molecule is O=C(COc1ccc(F)cc1)Nc1c2c(nn1-c1ccc(Cl)cc1)CSC2. The number of thioether (sulfide) groups is 1. The topological polar surface area (TPSA) is 56.1 Å². The predicted octanol–water partition coefficient (Wildman–Crippen LogP) is 4.43. The smallest absolute Gasteiger partial charge is 0.263 e. The van der Waals surface area contributed by atoms with Crippen molar-refractivity contribution in [3.05, 3.63) is 70.6 Å². The van der Waals surface area contributed by atoms with Crippen LogP contribution >= 0.6 is 23.4 Å². The van der Waals surface area contributed by atoms with Gasteiger partial charge < -0.3 is 10.1 Å². The van der Waals surface area contributed by atoms with Crippen molar-refractivity contribution < 1.29 is 13.9 Å². The van der Waals surface area contributed by atoms with Crippen LogP contribution in [-0.4, -0.2) is 22.3 Å². The maximum atomic E-state index is 12.9. The summed E-state index contributed by atoms with van der Waals surface area (Å²) < 4.78 is 20.1. The lowest BCUT2D eigenvalue weighted by atomic mass is 10.2. The first-order chi connectivity index (χ1) is 13.1. The minimum absolute atomic E-state index is 0.181. The number of amides is 1. The van der Waals surface area contributed by atoms with Crippen LogP contribution in [0, 0.1) is 5.82 Å². The molecule has 27 heavy (non-hydrogen) atoms. The molecule has 0 bridgehead atoms. The summed E-state index contributed by atoms with van der Waals surface area (Å²) in [5, 5.41) is 8.16. The second-order valence-electron chi connectivity index (χ2n) is 5.95. The lowest BCUT2D eigenvalue weighted by molar-refractivity contribution is -0.118. The van der Waals surface area contributed by atoms with Crippen molar-refractivity contribution in [1.82, 2.24) is 9.78 Å². The molecule has 0 aliphatic carbocycles. The van der Waals surface area contributed by atoms with Crippen molar-refractivity contribution in [3.8, 4) is 11.4 Å². The summed E-state index contributed by atoms with van der Waals surface area (Å²) >= 11 is 7.72. The van der Waals surface area contributed by atoms with Crippen molar-refractivity contribution in [1.29, 1.82) is 0 Å². The molecule has 0 saturated carbocycles. The lowest BCUT2D eigenvalue weighted by Crippen LogP contribution is -2.22. The quantitative estimate of drug-likeness (QED) is 0.684. The summed E-state index contributed by atoms with van der Waals surface area (Å²) in [5.41, 5.74) is 2.79. The summed E-state index contributed by atoms with van der Waals surface area (Å²) in [6.45, 7) is -0.181. The molecule has 0 spiro atoms. The number of carbonyl (C=O) groups is 1. The number of rotatable bonds is 5. The van der Waals surface area contributed by atoms with E-state index in [2.05, 4.69) is 10.4 Å². The van der Waals surface area contributed by atoms with Gasteiger partial charge in [-0.2, -0.15) is 16.9 Å². The zero-order valence-electron chi connectivity index (χ0n) is 14.1. The minimum Gasteiger partial charge on any atom is -0.484 e. The average Bonchev–Trinajstić information content (AvgIpc) is 3.25. The van der Waals surface area contributed by atoms with E-state index in [4.69, 9.17) is 16.3 Å². The fraction of sp³-hybridized carbons (Fsp3) is 0.158. The van der Waals surface area contributed by atoms with Crippen LogP contribution in [-0.2, 0) is 16.3 Å². The van der Waals surface area contributed by atoms with Crippen molar-refractivity contribution in [3.63, 3.8) is 0 Å². The Labute approximate surface area is 164 Å². The Morgan fingerprint density at radius 3 is 2.67 bits per heavy atom. The molecular weight excluding hydrogens is 389 g/mol. The van der Waals surface area contributed by atoms with E-state index in [0.717, 1.165) is 28.5 Å². The van der Waals surface area contributed by atoms with E-state index in [1.54, 1.807) is 28.6 Å². The fourth-order valence-corrected chi connectivity index (χ4v) is 3.92. The third-order valence-electron chi connectivity index (χ3n) is 4.06. The summed E-state index contributed by atoms with van der Waals surface area (Å²) in [5.74, 6) is 2.01. The monoisotopic (exact) mass is 403 g/mol. The number of hydrogen-bond acceptors (Lipinski definition) is 4. The fourth-order valence-electron chi connectivity index (χ4n) is 2.76. The van der Waals surface area contributed by atoms with E-state index < -0.39 is 0 Å². The van der Waals surface area contributed by atoms with Crippen LogP contribution < -0.4 is 10.1 Å². The summed E-state index contributed by atoms with van der Waals surface area (Å²) in [6, 6.07) is 12.8. The van der Waals surface area contributed by atoms with Crippen molar-refractivity contribution in [2.45, 2.75) is 11.5 Å². The van der Waals surface area contributed by atoms with Crippen LogP contribution in [0.25, 0.3) is 5.69 Å². The number of ether oxygens (including phenoxy) is 1. The zero-order valence-corrected chi connectivity index (χ0v) is 15.7. The van der Waals surface area contributed by atoms with E-state index in [-0.39, 0.29) is 18.3 Å². The molecule has 3 aromatic rings. The molecule has 1 aromatic heterocycles. The number of nitrogens with one attached hydrogen (secondary N) is 1. The summed E-state index contributed by atoms with van der Waals surface area (Å²) in [6.07, 6.45) is 0. The van der Waals surface area contributed by atoms with E-state index >= 15 is 0 Å². The van der Waals surface area contributed by atoms with Gasteiger partial charge in [-0.3, -0.25) is 4.79 Å². The molecule has 1 aliphatic rings. The highest BCUT2D eigenvalue weighted by molar-refractivity contribution is 7.98. The standard InChI is InChI=1S/C19H15ClFN3O2S/c20-12-1-5-14(6-2-12)24-19(16-10-27-11-17(16)23-24)22-18(25)9-26-15-7-3-13(21)4-8-15/h1-8H,9-11H2,(H,22,25). The third kappa shape index (κ3) is 3.94. The Balaban J connectivity index is 1.53. The molecule has 1 N–H and O–H groups in total. The number of anilines is 1. The Kier molecular flexibility index (Phi) is 5.05. The van der Waals surface area contributed by atoms with Crippen LogP contribution in [0.2, 0.25) is 5.02 Å². The molecule has 0 fully saturated rings. The second kappa shape index (κ2) is 7.62. The molecule has 1 amide bonds. The molecule has 8 heteroatoms. The molecule has 2 aromatic carbocycles. The lowest BCUT2D eigenvalue weighted by Gasteiger charge is -2.12. The number of aromatic nitrogens is 2. The Bertz CT molecular complexity index is 974. The molecule has 1 aliphatic heterocycles. The van der Waals surface area contributed by atoms with Gasteiger partial charge in [0.25, 0.3) is 5.91 Å². The van der Waals surface area contributed by atoms with Gasteiger partial charge in [0.2, 0.25) is 0 Å². The summed E-state index contributed by atoms with van der Waals surface area (Å²) in [7, 11) is 0. The maximum absolute atomic E-state index is 12.9. The van der Waals surface area contributed by atoms with Gasteiger partial charge in [0.1, 0.15) is 17.4 Å². The van der Waals surface area contributed by atoms with Gasteiger partial charge in [-0.1, -0.05) is 11.6 Å². The second-order valence-corrected chi connectivity index (χ2v) is 7.37. The van der Waals surface area contributed by atoms with Crippen molar-refractivity contribution >= 4 is 35.1 Å². The van der Waals surface area contributed by atoms with Crippen LogP contribution in [0.3, 0.4) is 0 Å². The van der Waals surface area contributed by atoms with Gasteiger partial charge in [-0.05, 0) is 48.5 Å². The first-order valence-corrected chi connectivity index (χ1v) is 9.76. The van der Waals surface area contributed by atoms with Crippen LogP contribution in [0.5, 0.6) is 5.75 Å². The molecule has 4 rings (SSSR count). The molecular formula is C19H15ClFN3O2S. The maximum Gasteiger partial charge on any atom is 0.263 e. The van der Waals surface area contributed by atoms with Gasteiger partial charge >= 0.3 is 0 Å². The largest absolute Gasteiger partial charge is 0.484 e. The van der Waals surface area contributed by atoms with Crippen molar-refractivity contribution in [2.75, 3.05) is 11.9 Å². The molecule has 0 radical (unpaired) electrons. The number of halogens is 2. The van der Waals surface area contributed by atoms with Crippen LogP contribution in [0.1, 0.15) is 11.3 Å². The van der Waals surface area contributed by atoms with Gasteiger partial charge in [-0.25, -0.2) is 9.07 Å². The molecule has 0 unspecified atom stereocenters. The molecule has 2 heterocycles. The number of hydrogen-bond donors (Lipinski definition) is 1. The first-order valence-electron chi connectivity index (χ1n) is 8.23. The molecule has 138 valence electrons. The van der Waals surface area contributed by atoms with Gasteiger partial charge in [0.05, 0.1) is 11.4 Å².